The van der Waals surface area contributed by atoms with E-state index in [2.05, 4.69) is 23.5 Å². The van der Waals surface area contributed by atoms with E-state index in [0.717, 1.165) is 13.0 Å². The summed E-state index contributed by atoms with van der Waals surface area (Å²) in [5.74, 6) is 0.139. The molecule has 1 aliphatic rings. The number of para-hydroxylation sites is 1. The van der Waals surface area contributed by atoms with Crippen molar-refractivity contribution in [2.75, 3.05) is 11.9 Å². The Hall–Kier alpha value is -1.49. The molecule has 2 rings (SSSR count). The molecule has 1 aromatic rings. The van der Waals surface area contributed by atoms with E-state index in [9.17, 15) is 0 Å². The summed E-state index contributed by atoms with van der Waals surface area (Å²) < 4.78 is 0. The van der Waals surface area contributed by atoms with Gasteiger partial charge in [-0.25, -0.2) is 0 Å². The third-order valence-electron chi connectivity index (χ3n) is 2.21. The number of nitriles is 1. The van der Waals surface area contributed by atoms with E-state index < -0.39 is 0 Å². The zero-order valence-corrected chi connectivity index (χ0v) is 6.75. The minimum atomic E-state index is 0.139. The van der Waals surface area contributed by atoms with Gasteiger partial charge in [0.2, 0.25) is 0 Å². The van der Waals surface area contributed by atoms with Crippen LogP contribution in [0.2, 0.25) is 0 Å². The van der Waals surface area contributed by atoms with Crippen molar-refractivity contribution in [3.8, 4) is 6.07 Å². The van der Waals surface area contributed by atoms with Crippen molar-refractivity contribution in [3.63, 3.8) is 0 Å². The van der Waals surface area contributed by atoms with Crippen molar-refractivity contribution >= 4 is 5.69 Å². The molecule has 1 heterocycles. The SMILES string of the molecule is N#CC1CNc2ccccc2C1. The van der Waals surface area contributed by atoms with Crippen LogP contribution in [0.25, 0.3) is 0 Å². The molecule has 0 saturated heterocycles. The number of hydrogen-bond acceptors (Lipinski definition) is 2. The van der Waals surface area contributed by atoms with Gasteiger partial charge in [0.15, 0.2) is 0 Å². The van der Waals surface area contributed by atoms with Gasteiger partial charge in [0, 0.05) is 12.2 Å². The Morgan fingerprint density at radius 1 is 1.42 bits per heavy atom. The molecule has 1 atom stereocenters. The van der Waals surface area contributed by atoms with E-state index in [0.29, 0.717) is 0 Å². The number of hydrogen-bond donors (Lipinski definition) is 1. The first-order valence-corrected chi connectivity index (χ1v) is 4.11. The van der Waals surface area contributed by atoms with Crippen molar-refractivity contribution in [3.05, 3.63) is 29.8 Å². The first kappa shape index (κ1) is 7.17. The van der Waals surface area contributed by atoms with Gasteiger partial charge in [-0.2, -0.15) is 5.26 Å². The lowest BCUT2D eigenvalue weighted by Gasteiger charge is -2.21. The number of nitrogens with one attached hydrogen (secondary N) is 1. The lowest BCUT2D eigenvalue weighted by Crippen LogP contribution is -2.21. The number of benzene rings is 1. The highest BCUT2D eigenvalue weighted by molar-refractivity contribution is 5.53. The van der Waals surface area contributed by atoms with E-state index in [1.807, 2.05) is 12.1 Å². The van der Waals surface area contributed by atoms with Gasteiger partial charge >= 0.3 is 0 Å². The Bertz CT molecular complexity index is 325. The van der Waals surface area contributed by atoms with Gasteiger partial charge in [0.05, 0.1) is 12.0 Å². The van der Waals surface area contributed by atoms with Crippen molar-refractivity contribution < 1.29 is 0 Å². The van der Waals surface area contributed by atoms with Crippen LogP contribution in [-0.2, 0) is 6.42 Å². The van der Waals surface area contributed by atoms with E-state index >= 15 is 0 Å². The van der Waals surface area contributed by atoms with E-state index in [4.69, 9.17) is 5.26 Å². The van der Waals surface area contributed by atoms with Gasteiger partial charge < -0.3 is 5.32 Å². The fourth-order valence-electron chi connectivity index (χ4n) is 1.53. The molecule has 12 heavy (non-hydrogen) atoms. The Balaban J connectivity index is 2.30. The number of fused-ring (bicyclic) bond motifs is 1. The van der Waals surface area contributed by atoms with Gasteiger partial charge in [0.25, 0.3) is 0 Å². The molecule has 0 fully saturated rings. The minimum absolute atomic E-state index is 0.139. The molecule has 0 amide bonds. The average molecular weight is 158 g/mol. The Morgan fingerprint density at radius 2 is 2.25 bits per heavy atom. The molecule has 0 saturated carbocycles. The zero-order chi connectivity index (χ0) is 8.39. The second kappa shape index (κ2) is 2.86. The predicted molar refractivity (Wildman–Crippen MR) is 47.7 cm³/mol. The van der Waals surface area contributed by atoms with Gasteiger partial charge in [-0.1, -0.05) is 18.2 Å². The van der Waals surface area contributed by atoms with Crippen molar-refractivity contribution in [1.82, 2.24) is 0 Å². The molecule has 0 aromatic heterocycles. The normalized spacial score (nSPS) is 20.4. The first-order chi connectivity index (χ1) is 5.90. The second-order valence-electron chi connectivity index (χ2n) is 3.07. The quantitative estimate of drug-likeness (QED) is 0.624. The van der Waals surface area contributed by atoms with E-state index in [-0.39, 0.29) is 5.92 Å². The molecule has 2 nitrogen and oxygen atoms in total. The Labute approximate surface area is 71.8 Å². The Morgan fingerprint density at radius 3 is 3.08 bits per heavy atom. The highest BCUT2D eigenvalue weighted by Gasteiger charge is 2.16. The van der Waals surface area contributed by atoms with Crippen LogP contribution in [0.15, 0.2) is 24.3 Å². The van der Waals surface area contributed by atoms with Crippen LogP contribution in [-0.4, -0.2) is 6.54 Å². The smallest absolute Gasteiger partial charge is 0.0677 e. The molecule has 1 aliphatic heterocycles. The molecule has 1 aromatic carbocycles. The van der Waals surface area contributed by atoms with Crippen LogP contribution in [0.4, 0.5) is 5.69 Å². The zero-order valence-electron chi connectivity index (χ0n) is 6.75. The predicted octanol–water partition coefficient (Wildman–Crippen LogP) is 1.79. The van der Waals surface area contributed by atoms with Crippen molar-refractivity contribution in [2.45, 2.75) is 6.42 Å². The summed E-state index contributed by atoms with van der Waals surface area (Å²) in [5, 5.41) is 12.0. The molecular formula is C10H10N2. The maximum atomic E-state index is 8.73. The van der Waals surface area contributed by atoms with Gasteiger partial charge in [-0.3, -0.25) is 0 Å². The topological polar surface area (TPSA) is 35.8 Å². The first-order valence-electron chi connectivity index (χ1n) is 4.11. The summed E-state index contributed by atoms with van der Waals surface area (Å²) >= 11 is 0. The molecule has 2 heteroatoms. The van der Waals surface area contributed by atoms with Crippen molar-refractivity contribution in [1.29, 1.82) is 5.26 Å². The maximum Gasteiger partial charge on any atom is 0.0677 e. The molecule has 0 radical (unpaired) electrons. The summed E-state index contributed by atoms with van der Waals surface area (Å²) in [6.45, 7) is 0.785. The highest BCUT2D eigenvalue weighted by Crippen LogP contribution is 2.23. The van der Waals surface area contributed by atoms with Gasteiger partial charge in [-0.15, -0.1) is 0 Å². The lowest BCUT2D eigenvalue weighted by atomic mass is 9.95. The molecular weight excluding hydrogens is 148 g/mol. The van der Waals surface area contributed by atoms with E-state index in [1.165, 1.54) is 11.3 Å². The van der Waals surface area contributed by atoms with Crippen LogP contribution >= 0.6 is 0 Å². The second-order valence-corrected chi connectivity index (χ2v) is 3.07. The van der Waals surface area contributed by atoms with Gasteiger partial charge in [-0.05, 0) is 18.1 Å². The molecule has 1 N–H and O–H groups in total. The van der Waals surface area contributed by atoms with Crippen LogP contribution in [0.1, 0.15) is 5.56 Å². The number of rotatable bonds is 0. The minimum Gasteiger partial charge on any atom is -0.383 e. The molecule has 0 spiro atoms. The average Bonchev–Trinajstić information content (AvgIpc) is 2.17. The lowest BCUT2D eigenvalue weighted by molar-refractivity contribution is 0.674. The molecule has 0 aliphatic carbocycles. The van der Waals surface area contributed by atoms with Crippen LogP contribution in [0.3, 0.4) is 0 Å². The Kier molecular flexibility index (Phi) is 1.71. The largest absolute Gasteiger partial charge is 0.383 e. The summed E-state index contributed by atoms with van der Waals surface area (Å²) in [7, 11) is 0. The third-order valence-corrected chi connectivity index (χ3v) is 2.21. The third kappa shape index (κ3) is 1.14. The number of nitrogens with zero attached hydrogens (tertiary/aromatic N) is 1. The standard InChI is InChI=1S/C10H10N2/c11-6-8-5-9-3-1-2-4-10(9)12-7-8/h1-4,8,12H,5,7H2. The summed E-state index contributed by atoms with van der Waals surface area (Å²) in [6.07, 6.45) is 0.889. The van der Waals surface area contributed by atoms with Crippen LogP contribution in [0, 0.1) is 17.2 Å². The van der Waals surface area contributed by atoms with E-state index in [1.54, 1.807) is 0 Å². The van der Waals surface area contributed by atoms with Crippen molar-refractivity contribution in [2.24, 2.45) is 5.92 Å². The fraction of sp³-hybridized carbons (Fsp3) is 0.300. The summed E-state index contributed by atoms with van der Waals surface area (Å²) in [5.41, 5.74) is 2.44. The molecule has 0 bridgehead atoms. The maximum absolute atomic E-state index is 8.73. The van der Waals surface area contributed by atoms with Crippen LogP contribution < -0.4 is 5.32 Å². The number of anilines is 1. The molecule has 60 valence electrons. The van der Waals surface area contributed by atoms with Crippen LogP contribution in [0.5, 0.6) is 0 Å². The highest BCUT2D eigenvalue weighted by atomic mass is 14.9. The fourth-order valence-corrected chi connectivity index (χ4v) is 1.53. The monoisotopic (exact) mass is 158 g/mol. The summed E-state index contributed by atoms with van der Waals surface area (Å²) in [6, 6.07) is 10.4. The summed E-state index contributed by atoms with van der Waals surface area (Å²) in [4.78, 5) is 0. The molecule has 1 unspecified atom stereocenters. The van der Waals surface area contributed by atoms with Gasteiger partial charge in [0.1, 0.15) is 0 Å².